The summed E-state index contributed by atoms with van der Waals surface area (Å²) in [7, 11) is 0. The van der Waals surface area contributed by atoms with Crippen LogP contribution in [0, 0.1) is 0 Å². The lowest BCUT2D eigenvalue weighted by Crippen LogP contribution is -1.66. The van der Waals surface area contributed by atoms with Gasteiger partial charge in [0.1, 0.15) is 0 Å². The molecule has 0 nitrogen and oxygen atoms in total. The molecule has 0 fully saturated rings. The van der Waals surface area contributed by atoms with E-state index >= 15 is 0 Å². The van der Waals surface area contributed by atoms with Crippen LogP contribution in [0.3, 0.4) is 0 Å². The van der Waals surface area contributed by atoms with Crippen LogP contribution < -0.4 is 0 Å². The van der Waals surface area contributed by atoms with E-state index in [1.807, 2.05) is 0 Å². The Labute approximate surface area is 58.6 Å². The zero-order chi connectivity index (χ0) is 6.10. The molecule has 0 radical (unpaired) electrons. The van der Waals surface area contributed by atoms with Crippen molar-refractivity contribution in [3.63, 3.8) is 0 Å². The second-order valence-electron chi connectivity index (χ2n) is 1.99. The molecule has 2 heterocycles. The number of fused-ring (bicyclic) bond motifs is 3. The number of thioether (sulfide) groups is 1. The summed E-state index contributed by atoms with van der Waals surface area (Å²) in [5, 5.41) is 2.12. The molecule has 0 amide bonds. The molecular weight excluding hydrogens is 128 g/mol. The van der Waals surface area contributed by atoms with Gasteiger partial charge in [0.25, 0.3) is 0 Å². The van der Waals surface area contributed by atoms with Crippen LogP contribution in [0.4, 0.5) is 0 Å². The van der Waals surface area contributed by atoms with Crippen molar-refractivity contribution in [2.45, 2.75) is 4.90 Å². The van der Waals surface area contributed by atoms with Gasteiger partial charge in [-0.2, -0.15) is 0 Å². The van der Waals surface area contributed by atoms with E-state index in [1.165, 1.54) is 10.5 Å². The van der Waals surface area contributed by atoms with Gasteiger partial charge in [-0.3, -0.25) is 0 Å². The van der Waals surface area contributed by atoms with Gasteiger partial charge in [0.2, 0.25) is 0 Å². The van der Waals surface area contributed by atoms with E-state index in [1.54, 1.807) is 11.8 Å². The lowest BCUT2D eigenvalue weighted by Gasteiger charge is -1.89. The van der Waals surface area contributed by atoms with Gasteiger partial charge in [-0.1, -0.05) is 23.9 Å². The Morgan fingerprint density at radius 3 is 2.56 bits per heavy atom. The van der Waals surface area contributed by atoms with Crippen LogP contribution in [-0.2, 0) is 0 Å². The molecule has 0 saturated carbocycles. The van der Waals surface area contributed by atoms with E-state index < -0.39 is 0 Å². The first-order valence-corrected chi connectivity index (χ1v) is 3.76. The molecule has 1 aromatic carbocycles. The van der Waals surface area contributed by atoms with E-state index in [0.29, 0.717) is 0 Å². The highest BCUT2D eigenvalue weighted by atomic mass is 32.2. The zero-order valence-corrected chi connectivity index (χ0v) is 5.69. The molecule has 2 bridgehead atoms. The van der Waals surface area contributed by atoms with Gasteiger partial charge in [-0.05, 0) is 29.2 Å². The minimum absolute atomic E-state index is 1.30. The third-order valence-corrected chi connectivity index (χ3v) is 2.16. The highest BCUT2D eigenvalue weighted by Crippen LogP contribution is 2.24. The van der Waals surface area contributed by atoms with Crippen LogP contribution in [0.5, 0.6) is 0 Å². The molecule has 1 heteroatoms. The predicted molar refractivity (Wildman–Crippen MR) is 41.3 cm³/mol. The molecule has 0 unspecified atom stereocenters. The molecule has 2 aliphatic heterocycles. The Kier molecular flexibility index (Phi) is 1.09. The summed E-state index contributed by atoms with van der Waals surface area (Å²) in [6.45, 7) is 0. The van der Waals surface area contributed by atoms with Gasteiger partial charge < -0.3 is 0 Å². The van der Waals surface area contributed by atoms with E-state index in [9.17, 15) is 0 Å². The third kappa shape index (κ3) is 0.879. The summed E-state index contributed by atoms with van der Waals surface area (Å²) < 4.78 is 0. The fourth-order valence-electron chi connectivity index (χ4n) is 0.849. The van der Waals surface area contributed by atoms with Crippen LogP contribution >= 0.6 is 11.8 Å². The van der Waals surface area contributed by atoms with Gasteiger partial charge in [-0.15, -0.1) is 0 Å². The smallest absolute Gasteiger partial charge is 0.0116 e. The molecule has 44 valence electrons. The van der Waals surface area contributed by atoms with Crippen LogP contribution in [-0.4, -0.2) is 0 Å². The second-order valence-corrected chi connectivity index (χ2v) is 2.97. The van der Waals surface area contributed by atoms with Gasteiger partial charge in [-0.25, -0.2) is 0 Å². The number of rotatable bonds is 0. The highest BCUT2D eigenvalue weighted by molar-refractivity contribution is 8.02. The standard InChI is InChI=1S/C8H6S/c1-3-8-4-2-7(1)5-6-9-8/h1-6H. The molecular formula is C8H6S. The van der Waals surface area contributed by atoms with Crippen molar-refractivity contribution in [3.8, 4) is 0 Å². The normalized spacial score (nSPS) is 13.8. The Morgan fingerprint density at radius 1 is 1.00 bits per heavy atom. The lowest BCUT2D eigenvalue weighted by atomic mass is 10.2. The average molecular weight is 134 g/mol. The quantitative estimate of drug-likeness (QED) is 0.525. The number of hydrogen-bond acceptors (Lipinski definition) is 1. The molecule has 0 N–H and O–H groups in total. The molecule has 0 spiro atoms. The Hall–Kier alpha value is -0.690. The summed E-state index contributed by atoms with van der Waals surface area (Å²) in [5.74, 6) is 0. The van der Waals surface area contributed by atoms with Gasteiger partial charge in [0, 0.05) is 4.90 Å². The largest absolute Gasteiger partial charge is 0.0981 e. The molecule has 0 atom stereocenters. The SMILES string of the molecule is C1=Cc2ccc(cc2)S1. The first-order chi connectivity index (χ1) is 4.45. The van der Waals surface area contributed by atoms with E-state index in [0.717, 1.165) is 0 Å². The maximum absolute atomic E-state index is 2.14. The minimum atomic E-state index is 1.30. The van der Waals surface area contributed by atoms with Crippen molar-refractivity contribution in [2.75, 3.05) is 0 Å². The Balaban J connectivity index is 2.67. The Morgan fingerprint density at radius 2 is 1.78 bits per heavy atom. The first-order valence-electron chi connectivity index (χ1n) is 2.88. The predicted octanol–water partition coefficient (Wildman–Crippen LogP) is 2.76. The van der Waals surface area contributed by atoms with Crippen molar-refractivity contribution in [2.24, 2.45) is 0 Å². The molecule has 3 rings (SSSR count). The van der Waals surface area contributed by atoms with Crippen molar-refractivity contribution in [3.05, 3.63) is 35.2 Å². The molecule has 0 saturated heterocycles. The van der Waals surface area contributed by atoms with E-state index in [4.69, 9.17) is 0 Å². The summed E-state index contributed by atoms with van der Waals surface area (Å²) in [6, 6.07) is 8.54. The molecule has 9 heavy (non-hydrogen) atoms. The van der Waals surface area contributed by atoms with Crippen LogP contribution in [0.25, 0.3) is 6.08 Å². The average Bonchev–Trinajstić information content (AvgIpc) is 2.21. The van der Waals surface area contributed by atoms with Crippen molar-refractivity contribution in [1.82, 2.24) is 0 Å². The lowest BCUT2D eigenvalue weighted by molar-refractivity contribution is 1.47. The van der Waals surface area contributed by atoms with E-state index in [-0.39, 0.29) is 0 Å². The molecule has 2 aliphatic rings. The molecule has 0 aromatic heterocycles. The second kappa shape index (κ2) is 1.92. The van der Waals surface area contributed by atoms with Crippen LogP contribution in [0.1, 0.15) is 5.56 Å². The zero-order valence-electron chi connectivity index (χ0n) is 4.87. The fourth-order valence-corrected chi connectivity index (χ4v) is 1.52. The number of benzene rings is 1. The van der Waals surface area contributed by atoms with Crippen LogP contribution in [0.2, 0.25) is 0 Å². The maximum Gasteiger partial charge on any atom is 0.0116 e. The van der Waals surface area contributed by atoms with Gasteiger partial charge in [0.05, 0.1) is 0 Å². The summed E-state index contributed by atoms with van der Waals surface area (Å²) in [6.07, 6.45) is 2.12. The molecule has 1 aromatic rings. The third-order valence-electron chi connectivity index (χ3n) is 1.34. The van der Waals surface area contributed by atoms with Crippen LogP contribution in [0.15, 0.2) is 34.6 Å². The number of hydrogen-bond donors (Lipinski definition) is 0. The topological polar surface area (TPSA) is 0 Å². The molecule has 0 aliphatic carbocycles. The van der Waals surface area contributed by atoms with Crippen molar-refractivity contribution < 1.29 is 0 Å². The summed E-state index contributed by atoms with van der Waals surface area (Å²) >= 11 is 1.77. The fraction of sp³-hybridized carbons (Fsp3) is 0. The van der Waals surface area contributed by atoms with E-state index in [2.05, 4.69) is 35.7 Å². The monoisotopic (exact) mass is 134 g/mol. The van der Waals surface area contributed by atoms with Crippen molar-refractivity contribution >= 4 is 17.8 Å². The van der Waals surface area contributed by atoms with Gasteiger partial charge >= 0.3 is 0 Å². The highest BCUT2D eigenvalue weighted by Gasteiger charge is 1.94. The Bertz CT molecular complexity index is 233. The maximum atomic E-state index is 2.14. The van der Waals surface area contributed by atoms with Gasteiger partial charge in [0.15, 0.2) is 0 Å². The summed E-state index contributed by atoms with van der Waals surface area (Å²) in [4.78, 5) is 1.33. The summed E-state index contributed by atoms with van der Waals surface area (Å²) in [5.41, 5.74) is 1.30. The first kappa shape index (κ1) is 5.12. The van der Waals surface area contributed by atoms with Crippen molar-refractivity contribution in [1.29, 1.82) is 0 Å². The minimum Gasteiger partial charge on any atom is -0.0981 e.